The molecular weight excluding hydrogens is 328 g/mol. The number of likely N-dealkylation sites (N-methyl/N-ethyl adjacent to an activating group) is 1. The van der Waals surface area contributed by atoms with E-state index in [1.165, 1.54) is 0 Å². The topological polar surface area (TPSA) is 33.2 Å². The van der Waals surface area contributed by atoms with Crippen LogP contribution in [-0.4, -0.2) is 22.8 Å². The molecule has 0 fully saturated rings. The number of benzene rings is 2. The summed E-state index contributed by atoms with van der Waals surface area (Å²) in [5.41, 5.74) is 2.04. The Balaban J connectivity index is 1.81. The van der Waals surface area contributed by atoms with Gasteiger partial charge in [0.2, 0.25) is 5.91 Å². The molecule has 1 aromatic heterocycles. The molecule has 126 valence electrons. The minimum Gasteiger partial charge on any atom is -0.340 e. The maximum atomic E-state index is 13.1. The molecular formula is C21H20N2OS. The Bertz CT molecular complexity index is 794. The molecule has 4 heteroatoms. The molecule has 3 nitrogen and oxygen atoms in total. The number of hydrogen-bond acceptors (Lipinski definition) is 3. The summed E-state index contributed by atoms with van der Waals surface area (Å²) in [6.07, 6.45) is 3.54. The summed E-state index contributed by atoms with van der Waals surface area (Å²) in [6, 6.07) is 23.9. The van der Waals surface area contributed by atoms with E-state index in [1.54, 1.807) is 29.1 Å². The first-order valence-electron chi connectivity index (χ1n) is 8.14. The van der Waals surface area contributed by atoms with Crippen molar-refractivity contribution in [3.8, 4) is 0 Å². The maximum absolute atomic E-state index is 13.1. The van der Waals surface area contributed by atoms with Crippen molar-refractivity contribution in [2.75, 3.05) is 7.05 Å². The predicted molar refractivity (Wildman–Crippen MR) is 102 cm³/mol. The van der Waals surface area contributed by atoms with Crippen LogP contribution in [0.3, 0.4) is 0 Å². The van der Waals surface area contributed by atoms with Crippen molar-refractivity contribution < 1.29 is 4.79 Å². The molecule has 0 saturated heterocycles. The van der Waals surface area contributed by atoms with Gasteiger partial charge in [-0.15, -0.1) is 11.8 Å². The Labute approximate surface area is 152 Å². The van der Waals surface area contributed by atoms with Crippen LogP contribution in [0.5, 0.6) is 0 Å². The second-order valence-electron chi connectivity index (χ2n) is 5.78. The molecule has 0 bridgehead atoms. The average Bonchev–Trinajstić information content (AvgIpc) is 2.68. The summed E-state index contributed by atoms with van der Waals surface area (Å²) in [4.78, 5) is 20.1. The fourth-order valence-electron chi connectivity index (χ4n) is 2.57. The van der Waals surface area contributed by atoms with E-state index in [-0.39, 0.29) is 11.2 Å². The van der Waals surface area contributed by atoms with Gasteiger partial charge in [0.25, 0.3) is 0 Å². The van der Waals surface area contributed by atoms with Crippen LogP contribution >= 0.6 is 11.8 Å². The van der Waals surface area contributed by atoms with Gasteiger partial charge in [0.05, 0.1) is 0 Å². The third kappa shape index (κ3) is 4.70. The number of rotatable bonds is 6. The number of hydrogen-bond donors (Lipinski definition) is 0. The Morgan fingerprint density at radius 3 is 2.32 bits per heavy atom. The summed E-state index contributed by atoms with van der Waals surface area (Å²) >= 11 is 1.58. The van der Waals surface area contributed by atoms with Crippen molar-refractivity contribution in [1.29, 1.82) is 0 Å². The first-order chi connectivity index (χ1) is 12.2. The average molecular weight is 348 g/mol. The van der Waals surface area contributed by atoms with E-state index in [9.17, 15) is 4.79 Å². The molecule has 0 saturated carbocycles. The summed E-state index contributed by atoms with van der Waals surface area (Å²) in [7, 11) is 1.84. The minimum atomic E-state index is -0.273. The Hall–Kier alpha value is -2.59. The number of nitrogens with zero attached hydrogens (tertiary/aromatic N) is 2. The van der Waals surface area contributed by atoms with Crippen molar-refractivity contribution in [2.45, 2.75) is 16.7 Å². The lowest BCUT2D eigenvalue weighted by atomic mass is 10.1. The molecule has 0 aliphatic heterocycles. The number of pyridine rings is 1. The SMILES string of the molecule is CN(Cc1cccnc1)C(=O)C(Sc1ccccc1)c1ccccc1. The van der Waals surface area contributed by atoms with E-state index in [4.69, 9.17) is 0 Å². The molecule has 0 radical (unpaired) electrons. The molecule has 1 amide bonds. The van der Waals surface area contributed by atoms with Gasteiger partial charge >= 0.3 is 0 Å². The quantitative estimate of drug-likeness (QED) is 0.612. The zero-order chi connectivity index (χ0) is 17.5. The van der Waals surface area contributed by atoms with E-state index in [2.05, 4.69) is 4.98 Å². The number of amides is 1. The van der Waals surface area contributed by atoms with Gasteiger partial charge in [0, 0.05) is 30.9 Å². The van der Waals surface area contributed by atoms with Crippen molar-refractivity contribution in [3.63, 3.8) is 0 Å². The van der Waals surface area contributed by atoms with E-state index < -0.39 is 0 Å². The van der Waals surface area contributed by atoms with Gasteiger partial charge in [-0.05, 0) is 29.3 Å². The normalized spacial score (nSPS) is 11.7. The van der Waals surface area contributed by atoms with Gasteiger partial charge in [0.15, 0.2) is 0 Å². The van der Waals surface area contributed by atoms with Crippen LogP contribution in [0.4, 0.5) is 0 Å². The molecule has 2 aromatic carbocycles. The van der Waals surface area contributed by atoms with Crippen LogP contribution in [0.25, 0.3) is 0 Å². The van der Waals surface area contributed by atoms with Gasteiger partial charge in [-0.25, -0.2) is 0 Å². The molecule has 25 heavy (non-hydrogen) atoms. The summed E-state index contributed by atoms with van der Waals surface area (Å²) in [6.45, 7) is 0.547. The summed E-state index contributed by atoms with van der Waals surface area (Å²) < 4.78 is 0. The third-order valence-electron chi connectivity index (χ3n) is 3.84. The number of carbonyl (C=O) groups is 1. The molecule has 0 aliphatic rings. The molecule has 0 N–H and O–H groups in total. The smallest absolute Gasteiger partial charge is 0.240 e. The van der Waals surface area contributed by atoms with Gasteiger partial charge < -0.3 is 4.90 Å². The van der Waals surface area contributed by atoms with E-state index in [1.807, 2.05) is 79.8 Å². The Kier molecular flexibility index (Phi) is 5.86. The fraction of sp³-hybridized carbons (Fsp3) is 0.143. The van der Waals surface area contributed by atoms with Crippen molar-refractivity contribution in [1.82, 2.24) is 9.88 Å². The van der Waals surface area contributed by atoms with E-state index in [0.29, 0.717) is 6.54 Å². The van der Waals surface area contributed by atoms with Gasteiger partial charge in [-0.1, -0.05) is 54.6 Å². The van der Waals surface area contributed by atoms with Gasteiger partial charge in [-0.2, -0.15) is 0 Å². The van der Waals surface area contributed by atoms with Crippen LogP contribution in [0.2, 0.25) is 0 Å². The first-order valence-corrected chi connectivity index (χ1v) is 9.02. The van der Waals surface area contributed by atoms with Crippen molar-refractivity contribution >= 4 is 17.7 Å². The lowest BCUT2D eigenvalue weighted by Gasteiger charge is -2.24. The molecule has 1 unspecified atom stereocenters. The standard InChI is InChI=1S/C21H20N2OS/c1-23(16-17-9-8-14-22-15-17)21(24)20(18-10-4-2-5-11-18)25-19-12-6-3-7-13-19/h2-15,20H,16H2,1H3. The molecule has 3 rings (SSSR count). The van der Waals surface area contributed by atoms with Crippen LogP contribution in [0.1, 0.15) is 16.4 Å². The lowest BCUT2D eigenvalue weighted by Crippen LogP contribution is -2.30. The maximum Gasteiger partial charge on any atom is 0.240 e. The second-order valence-corrected chi connectivity index (χ2v) is 6.96. The molecule has 0 aliphatic carbocycles. The fourth-order valence-corrected chi connectivity index (χ4v) is 3.73. The van der Waals surface area contributed by atoms with Crippen molar-refractivity contribution in [3.05, 3.63) is 96.3 Å². The van der Waals surface area contributed by atoms with Crippen molar-refractivity contribution in [2.24, 2.45) is 0 Å². The Morgan fingerprint density at radius 1 is 1.00 bits per heavy atom. The van der Waals surface area contributed by atoms with Crippen LogP contribution < -0.4 is 0 Å². The molecule has 1 heterocycles. The van der Waals surface area contributed by atoms with Crippen LogP contribution in [-0.2, 0) is 11.3 Å². The highest BCUT2D eigenvalue weighted by molar-refractivity contribution is 8.00. The number of aromatic nitrogens is 1. The van der Waals surface area contributed by atoms with E-state index >= 15 is 0 Å². The third-order valence-corrected chi connectivity index (χ3v) is 5.10. The zero-order valence-corrected chi connectivity index (χ0v) is 14.9. The largest absolute Gasteiger partial charge is 0.340 e. The molecule has 3 aromatic rings. The summed E-state index contributed by atoms with van der Waals surface area (Å²) in [5, 5.41) is -0.273. The van der Waals surface area contributed by atoms with Crippen LogP contribution in [0, 0.1) is 0 Å². The number of thioether (sulfide) groups is 1. The summed E-state index contributed by atoms with van der Waals surface area (Å²) in [5.74, 6) is 0.0870. The number of carbonyl (C=O) groups excluding carboxylic acids is 1. The predicted octanol–water partition coefficient (Wildman–Crippen LogP) is 4.57. The first kappa shape index (κ1) is 17.2. The highest BCUT2D eigenvalue weighted by Gasteiger charge is 2.25. The Morgan fingerprint density at radius 2 is 1.68 bits per heavy atom. The second kappa shape index (κ2) is 8.49. The highest BCUT2D eigenvalue weighted by atomic mass is 32.2. The monoisotopic (exact) mass is 348 g/mol. The highest BCUT2D eigenvalue weighted by Crippen LogP contribution is 2.36. The van der Waals surface area contributed by atoms with Gasteiger partial charge in [-0.3, -0.25) is 9.78 Å². The van der Waals surface area contributed by atoms with Crippen LogP contribution in [0.15, 0.2) is 90.1 Å². The minimum absolute atomic E-state index is 0.0870. The zero-order valence-electron chi connectivity index (χ0n) is 14.1. The molecule has 0 spiro atoms. The van der Waals surface area contributed by atoms with E-state index in [0.717, 1.165) is 16.0 Å². The lowest BCUT2D eigenvalue weighted by molar-refractivity contribution is -0.129. The van der Waals surface area contributed by atoms with Gasteiger partial charge in [0.1, 0.15) is 5.25 Å². The molecule has 1 atom stereocenters.